The highest BCUT2D eigenvalue weighted by Gasteiger charge is 2.08. The summed E-state index contributed by atoms with van der Waals surface area (Å²) in [5, 5.41) is 12.2. The van der Waals surface area contributed by atoms with Crippen LogP contribution in [0.15, 0.2) is 29.2 Å². The summed E-state index contributed by atoms with van der Waals surface area (Å²) < 4.78 is 28.1. The van der Waals surface area contributed by atoms with Crippen LogP contribution in [0.5, 0.6) is 5.75 Å². The van der Waals surface area contributed by atoms with Crippen molar-refractivity contribution in [3.05, 3.63) is 24.3 Å². The molecule has 1 rings (SSSR count). The first-order valence-electron chi connectivity index (χ1n) is 6.24. The minimum atomic E-state index is -3.16. The van der Waals surface area contributed by atoms with E-state index < -0.39 is 9.84 Å². The average Bonchev–Trinajstić information content (AvgIpc) is 2.37. The van der Waals surface area contributed by atoms with E-state index in [0.29, 0.717) is 18.8 Å². The molecule has 0 saturated heterocycles. The Bertz CT molecular complexity index is 470. The number of benzene rings is 1. The van der Waals surface area contributed by atoms with Crippen LogP contribution in [-0.4, -0.2) is 45.6 Å². The molecule has 1 unspecified atom stereocenters. The van der Waals surface area contributed by atoms with Crippen molar-refractivity contribution in [2.45, 2.75) is 24.3 Å². The molecule has 0 radical (unpaired) electrons. The molecule has 0 aliphatic carbocycles. The highest BCUT2D eigenvalue weighted by atomic mass is 32.2. The predicted molar refractivity (Wildman–Crippen MR) is 74.2 cm³/mol. The molecule has 0 saturated carbocycles. The Kier molecular flexibility index (Phi) is 6.27. The van der Waals surface area contributed by atoms with Gasteiger partial charge in [-0.15, -0.1) is 0 Å². The Labute approximate surface area is 114 Å². The summed E-state index contributed by atoms with van der Waals surface area (Å²) in [5.74, 6) is 0.626. The van der Waals surface area contributed by atoms with Crippen LogP contribution in [0.4, 0.5) is 0 Å². The largest absolute Gasteiger partial charge is 0.494 e. The third-order valence-corrected chi connectivity index (χ3v) is 3.83. The molecule has 0 heterocycles. The summed E-state index contributed by atoms with van der Waals surface area (Å²) in [6, 6.07) is 6.35. The maximum Gasteiger partial charge on any atom is 0.175 e. The van der Waals surface area contributed by atoms with Crippen molar-refractivity contribution >= 4 is 9.84 Å². The lowest BCUT2D eigenvalue weighted by Crippen LogP contribution is -2.33. The molecule has 0 amide bonds. The molecular formula is C13H21NO4S. The van der Waals surface area contributed by atoms with Crippen LogP contribution in [0, 0.1) is 0 Å². The van der Waals surface area contributed by atoms with Gasteiger partial charge in [0.05, 0.1) is 18.1 Å². The Morgan fingerprint density at radius 1 is 1.32 bits per heavy atom. The smallest absolute Gasteiger partial charge is 0.175 e. The quantitative estimate of drug-likeness (QED) is 0.740. The van der Waals surface area contributed by atoms with E-state index in [4.69, 9.17) is 9.84 Å². The third kappa shape index (κ3) is 5.59. The fourth-order valence-corrected chi connectivity index (χ4v) is 2.28. The first-order valence-corrected chi connectivity index (χ1v) is 8.13. The van der Waals surface area contributed by atoms with E-state index in [1.54, 1.807) is 12.1 Å². The van der Waals surface area contributed by atoms with Crippen LogP contribution in [0.25, 0.3) is 0 Å². The summed E-state index contributed by atoms with van der Waals surface area (Å²) in [6.07, 6.45) is 1.86. The van der Waals surface area contributed by atoms with Gasteiger partial charge in [-0.1, -0.05) is 6.92 Å². The fraction of sp³-hybridized carbons (Fsp3) is 0.538. The fourth-order valence-electron chi connectivity index (χ4n) is 1.65. The number of sulfone groups is 1. The van der Waals surface area contributed by atoms with E-state index in [1.165, 1.54) is 18.4 Å². The van der Waals surface area contributed by atoms with Gasteiger partial charge in [-0.05, 0) is 37.2 Å². The number of hydrogen-bond acceptors (Lipinski definition) is 5. The second-order valence-electron chi connectivity index (χ2n) is 4.32. The van der Waals surface area contributed by atoms with Crippen molar-refractivity contribution < 1.29 is 18.3 Å². The van der Waals surface area contributed by atoms with Gasteiger partial charge in [-0.25, -0.2) is 8.42 Å². The van der Waals surface area contributed by atoms with Crippen molar-refractivity contribution in [3.63, 3.8) is 0 Å². The van der Waals surface area contributed by atoms with Gasteiger partial charge in [0.2, 0.25) is 0 Å². The molecule has 108 valence electrons. The standard InChI is InChI=1S/C13H21NO4S/c1-3-14-11(10-15)8-9-18-12-4-6-13(7-5-12)19(2,16)17/h4-7,11,14-15H,3,8-10H2,1-2H3. The van der Waals surface area contributed by atoms with Crippen molar-refractivity contribution in [1.29, 1.82) is 0 Å². The van der Waals surface area contributed by atoms with Gasteiger partial charge in [0.1, 0.15) is 5.75 Å². The second-order valence-corrected chi connectivity index (χ2v) is 6.33. The van der Waals surface area contributed by atoms with E-state index in [2.05, 4.69) is 5.32 Å². The van der Waals surface area contributed by atoms with Gasteiger partial charge in [-0.2, -0.15) is 0 Å². The first kappa shape index (κ1) is 15.9. The van der Waals surface area contributed by atoms with Crippen molar-refractivity contribution in [3.8, 4) is 5.75 Å². The minimum Gasteiger partial charge on any atom is -0.494 e. The highest BCUT2D eigenvalue weighted by molar-refractivity contribution is 7.90. The molecule has 1 atom stereocenters. The second kappa shape index (κ2) is 7.47. The Balaban J connectivity index is 2.46. The van der Waals surface area contributed by atoms with Crippen LogP contribution in [-0.2, 0) is 9.84 Å². The number of aliphatic hydroxyl groups excluding tert-OH is 1. The molecule has 1 aromatic rings. The van der Waals surface area contributed by atoms with Crippen LogP contribution >= 0.6 is 0 Å². The number of nitrogens with one attached hydrogen (secondary N) is 1. The molecule has 0 bridgehead atoms. The SMILES string of the molecule is CCNC(CO)CCOc1ccc(S(C)(=O)=O)cc1. The van der Waals surface area contributed by atoms with Crippen LogP contribution in [0.1, 0.15) is 13.3 Å². The molecule has 6 heteroatoms. The summed E-state index contributed by atoms with van der Waals surface area (Å²) in [4.78, 5) is 0.278. The number of likely N-dealkylation sites (N-methyl/N-ethyl adjacent to an activating group) is 1. The normalized spacial score (nSPS) is 13.2. The van der Waals surface area contributed by atoms with E-state index in [9.17, 15) is 8.42 Å². The Hall–Kier alpha value is -1.11. The Morgan fingerprint density at radius 2 is 1.95 bits per heavy atom. The van der Waals surface area contributed by atoms with E-state index in [-0.39, 0.29) is 17.5 Å². The lowest BCUT2D eigenvalue weighted by Gasteiger charge is -2.15. The summed E-state index contributed by atoms with van der Waals surface area (Å²) >= 11 is 0. The number of rotatable bonds is 8. The van der Waals surface area contributed by atoms with Crippen LogP contribution in [0.2, 0.25) is 0 Å². The highest BCUT2D eigenvalue weighted by Crippen LogP contribution is 2.16. The van der Waals surface area contributed by atoms with Crippen molar-refractivity contribution in [2.24, 2.45) is 0 Å². The first-order chi connectivity index (χ1) is 8.97. The molecule has 0 spiro atoms. The van der Waals surface area contributed by atoms with E-state index in [1.807, 2.05) is 6.92 Å². The zero-order valence-electron chi connectivity index (χ0n) is 11.3. The molecule has 2 N–H and O–H groups in total. The molecule has 0 aliphatic rings. The molecule has 0 aliphatic heterocycles. The minimum absolute atomic E-state index is 0.0280. The third-order valence-electron chi connectivity index (χ3n) is 2.70. The van der Waals surface area contributed by atoms with Crippen molar-refractivity contribution in [2.75, 3.05) is 26.0 Å². The number of hydrogen-bond donors (Lipinski definition) is 2. The van der Waals surface area contributed by atoms with Gasteiger partial charge < -0.3 is 15.2 Å². The van der Waals surface area contributed by atoms with Crippen LogP contribution < -0.4 is 10.1 Å². The maximum absolute atomic E-state index is 11.3. The van der Waals surface area contributed by atoms with Gasteiger partial charge in [0.25, 0.3) is 0 Å². The summed E-state index contributed by atoms with van der Waals surface area (Å²) in [5.41, 5.74) is 0. The zero-order chi connectivity index (χ0) is 14.3. The average molecular weight is 287 g/mol. The number of ether oxygens (including phenoxy) is 1. The van der Waals surface area contributed by atoms with Gasteiger partial charge >= 0.3 is 0 Å². The number of aliphatic hydroxyl groups is 1. The molecule has 0 fully saturated rings. The van der Waals surface area contributed by atoms with Gasteiger partial charge in [0, 0.05) is 12.3 Å². The monoisotopic (exact) mass is 287 g/mol. The van der Waals surface area contributed by atoms with Gasteiger partial charge in [0.15, 0.2) is 9.84 Å². The maximum atomic E-state index is 11.3. The van der Waals surface area contributed by atoms with Crippen LogP contribution in [0.3, 0.4) is 0 Å². The topological polar surface area (TPSA) is 75.6 Å². The van der Waals surface area contributed by atoms with Gasteiger partial charge in [-0.3, -0.25) is 0 Å². The van der Waals surface area contributed by atoms with E-state index in [0.717, 1.165) is 6.54 Å². The lowest BCUT2D eigenvalue weighted by molar-refractivity contribution is 0.210. The zero-order valence-corrected chi connectivity index (χ0v) is 12.1. The Morgan fingerprint density at radius 3 is 2.42 bits per heavy atom. The molecular weight excluding hydrogens is 266 g/mol. The molecule has 5 nitrogen and oxygen atoms in total. The molecule has 0 aromatic heterocycles. The van der Waals surface area contributed by atoms with E-state index >= 15 is 0 Å². The van der Waals surface area contributed by atoms with Crippen molar-refractivity contribution in [1.82, 2.24) is 5.32 Å². The summed E-state index contributed by atoms with van der Waals surface area (Å²) in [7, 11) is -3.16. The molecule has 19 heavy (non-hydrogen) atoms. The lowest BCUT2D eigenvalue weighted by atomic mass is 10.2. The summed E-state index contributed by atoms with van der Waals surface area (Å²) in [6.45, 7) is 3.32. The predicted octanol–water partition coefficient (Wildman–Crippen LogP) is 0.829. The molecule has 1 aromatic carbocycles.